The molecule has 0 bridgehead atoms. The number of carbonyl (C=O) groups excluding carboxylic acids is 3. The molecule has 1 N–H and O–H groups in total. The van der Waals surface area contributed by atoms with Gasteiger partial charge in [-0.3, -0.25) is 19.4 Å². The zero-order valence-corrected chi connectivity index (χ0v) is 25.2. The highest BCUT2D eigenvalue weighted by atomic mass is 35.5. The summed E-state index contributed by atoms with van der Waals surface area (Å²) in [6, 6.07) is 17.3. The van der Waals surface area contributed by atoms with E-state index in [0.717, 1.165) is 18.4 Å². The molecule has 2 aliphatic rings. The highest BCUT2D eigenvalue weighted by Crippen LogP contribution is 2.47. The summed E-state index contributed by atoms with van der Waals surface area (Å²) in [6.45, 7) is 2.71. The molecule has 2 heterocycles. The van der Waals surface area contributed by atoms with Gasteiger partial charge in [0.1, 0.15) is 11.7 Å². The van der Waals surface area contributed by atoms with Crippen LogP contribution < -0.4 is 5.32 Å². The Labute approximate surface area is 260 Å². The van der Waals surface area contributed by atoms with Crippen LogP contribution in [-0.4, -0.2) is 53.5 Å². The van der Waals surface area contributed by atoms with Crippen LogP contribution in [-0.2, 0) is 20.7 Å². The average Bonchev–Trinajstić information content (AvgIpc) is 3.01. The number of fused-ring (bicyclic) bond motifs is 1. The van der Waals surface area contributed by atoms with Crippen LogP contribution in [0, 0.1) is 4.91 Å². The number of nitrogens with zero attached hydrogens (tertiary/aromatic N) is 3. The van der Waals surface area contributed by atoms with Crippen molar-refractivity contribution in [2.75, 3.05) is 19.7 Å². The molecule has 224 valence electrons. The van der Waals surface area contributed by atoms with E-state index in [-0.39, 0.29) is 18.4 Å². The zero-order chi connectivity index (χ0) is 30.5. The fraction of sp³-hybridized carbons (Fsp3) is 0.344. The smallest absolute Gasteiger partial charge is 0.325 e. The number of halogens is 2. The molecule has 0 saturated carbocycles. The summed E-state index contributed by atoms with van der Waals surface area (Å²) in [5, 5.41) is 10.0. The van der Waals surface area contributed by atoms with Gasteiger partial charge in [-0.1, -0.05) is 59.6 Å². The monoisotopic (exact) mass is 622 g/mol. The molecule has 9 nitrogen and oxygen atoms in total. The van der Waals surface area contributed by atoms with E-state index in [0.29, 0.717) is 58.4 Å². The lowest BCUT2D eigenvalue weighted by Gasteiger charge is -2.50. The van der Waals surface area contributed by atoms with Gasteiger partial charge in [0, 0.05) is 28.7 Å². The van der Waals surface area contributed by atoms with E-state index in [1.54, 1.807) is 83.7 Å². The number of ether oxygens (including phenoxy) is 1. The second-order valence-electron chi connectivity index (χ2n) is 10.6. The van der Waals surface area contributed by atoms with Crippen molar-refractivity contribution in [3.05, 3.63) is 104 Å². The standard InChI is InChI=1S/C32H32Cl2N4O5/c1-2-43-32(41)27-9-5-6-18-37(27)38-29(25-15-12-21(33)19-26(25)34)28(23-7-3-4-8-24(23)31(38)40)30(39)35-17-16-20-10-13-22(36-42)14-11-20/h3-4,7-8,10-15,19,27-29H,2,5-6,9,16-18H2,1H3,(H,35,39). The van der Waals surface area contributed by atoms with E-state index in [1.165, 1.54) is 0 Å². The fourth-order valence-electron chi connectivity index (χ4n) is 5.95. The topological polar surface area (TPSA) is 108 Å². The van der Waals surface area contributed by atoms with Crippen LogP contribution >= 0.6 is 23.2 Å². The maximum Gasteiger partial charge on any atom is 0.325 e. The van der Waals surface area contributed by atoms with Gasteiger partial charge in [-0.2, -0.15) is 0 Å². The summed E-state index contributed by atoms with van der Waals surface area (Å²) < 4.78 is 5.41. The van der Waals surface area contributed by atoms with E-state index < -0.39 is 24.0 Å². The summed E-state index contributed by atoms with van der Waals surface area (Å²) in [7, 11) is 0. The Morgan fingerprint density at radius 3 is 2.51 bits per heavy atom. The Morgan fingerprint density at radius 2 is 1.79 bits per heavy atom. The van der Waals surface area contributed by atoms with E-state index >= 15 is 0 Å². The summed E-state index contributed by atoms with van der Waals surface area (Å²) in [5.41, 5.74) is 2.76. The first-order chi connectivity index (χ1) is 20.8. The SMILES string of the molecule is CCOC(=O)C1CCCCN1N1C(=O)c2ccccc2C(C(=O)NCCc2ccc(N=O)cc2)C1c1ccc(Cl)cc1Cl. The summed E-state index contributed by atoms with van der Waals surface area (Å²) in [6.07, 6.45) is 2.60. The normalized spacial score (nSPS) is 20.3. The van der Waals surface area contributed by atoms with E-state index in [1.807, 2.05) is 0 Å². The molecule has 0 aromatic heterocycles. The summed E-state index contributed by atoms with van der Waals surface area (Å²) >= 11 is 13.0. The van der Waals surface area contributed by atoms with Crippen molar-refractivity contribution < 1.29 is 19.1 Å². The van der Waals surface area contributed by atoms with Gasteiger partial charge >= 0.3 is 5.97 Å². The Hall–Kier alpha value is -3.79. The predicted octanol–water partition coefficient (Wildman–Crippen LogP) is 6.36. The molecule has 1 saturated heterocycles. The molecule has 43 heavy (non-hydrogen) atoms. The molecule has 3 atom stereocenters. The van der Waals surface area contributed by atoms with Gasteiger partial charge in [0.05, 0.1) is 18.6 Å². The number of esters is 1. The molecule has 0 aliphatic carbocycles. The summed E-state index contributed by atoms with van der Waals surface area (Å²) in [4.78, 5) is 52.4. The quantitative estimate of drug-likeness (QED) is 0.220. The van der Waals surface area contributed by atoms with Crippen LogP contribution in [0.3, 0.4) is 0 Å². The van der Waals surface area contributed by atoms with Gasteiger partial charge in [0.15, 0.2) is 0 Å². The number of piperidine rings is 1. The van der Waals surface area contributed by atoms with Crippen molar-refractivity contribution in [1.29, 1.82) is 0 Å². The van der Waals surface area contributed by atoms with Crippen molar-refractivity contribution >= 4 is 46.7 Å². The number of hydrazine groups is 1. The van der Waals surface area contributed by atoms with E-state index in [2.05, 4.69) is 10.5 Å². The maximum atomic E-state index is 14.3. The second kappa shape index (κ2) is 13.7. The summed E-state index contributed by atoms with van der Waals surface area (Å²) in [5.74, 6) is -1.88. The van der Waals surface area contributed by atoms with E-state index in [4.69, 9.17) is 27.9 Å². The minimum atomic E-state index is -0.861. The molecule has 11 heteroatoms. The average molecular weight is 624 g/mol. The molecule has 2 amide bonds. The number of hydrogen-bond donors (Lipinski definition) is 1. The van der Waals surface area contributed by atoms with Crippen LogP contribution in [0.5, 0.6) is 0 Å². The van der Waals surface area contributed by atoms with Crippen molar-refractivity contribution in [2.24, 2.45) is 5.18 Å². The third kappa shape index (κ3) is 6.44. The first kappa shape index (κ1) is 30.7. The number of hydrogen-bond acceptors (Lipinski definition) is 7. The number of carbonyl (C=O) groups is 3. The van der Waals surface area contributed by atoms with Gasteiger partial charge in [-0.25, -0.2) is 5.01 Å². The molecule has 0 spiro atoms. The first-order valence-corrected chi connectivity index (χ1v) is 15.1. The lowest BCUT2D eigenvalue weighted by Crippen LogP contribution is -2.61. The molecule has 3 unspecified atom stereocenters. The Bertz CT molecular complexity index is 1520. The van der Waals surface area contributed by atoms with Crippen LogP contribution in [0.15, 0.2) is 71.9 Å². The predicted molar refractivity (Wildman–Crippen MR) is 164 cm³/mol. The Morgan fingerprint density at radius 1 is 1.02 bits per heavy atom. The molecule has 0 radical (unpaired) electrons. The zero-order valence-electron chi connectivity index (χ0n) is 23.7. The molecule has 2 aliphatic heterocycles. The molecule has 3 aromatic rings. The lowest BCUT2D eigenvalue weighted by atomic mass is 9.79. The highest BCUT2D eigenvalue weighted by molar-refractivity contribution is 6.35. The molecular formula is C32H32Cl2N4O5. The molecule has 1 fully saturated rings. The Kier molecular flexibility index (Phi) is 9.75. The minimum absolute atomic E-state index is 0.214. The number of benzene rings is 3. The van der Waals surface area contributed by atoms with Crippen molar-refractivity contribution in [1.82, 2.24) is 15.3 Å². The second-order valence-corrected chi connectivity index (χ2v) is 11.4. The first-order valence-electron chi connectivity index (χ1n) is 14.3. The Balaban J connectivity index is 1.56. The van der Waals surface area contributed by atoms with Crippen LogP contribution in [0.25, 0.3) is 0 Å². The number of rotatable bonds is 9. The minimum Gasteiger partial charge on any atom is -0.465 e. The maximum absolute atomic E-state index is 14.3. The van der Waals surface area contributed by atoms with Crippen LogP contribution in [0.2, 0.25) is 10.0 Å². The van der Waals surface area contributed by atoms with Crippen molar-refractivity contribution in [3.63, 3.8) is 0 Å². The van der Waals surface area contributed by atoms with Gasteiger partial charge in [-0.15, -0.1) is 4.91 Å². The van der Waals surface area contributed by atoms with Crippen molar-refractivity contribution in [2.45, 2.75) is 50.6 Å². The van der Waals surface area contributed by atoms with Crippen LogP contribution in [0.1, 0.15) is 65.2 Å². The third-order valence-electron chi connectivity index (χ3n) is 7.94. The molecule has 3 aromatic carbocycles. The van der Waals surface area contributed by atoms with E-state index in [9.17, 15) is 19.3 Å². The van der Waals surface area contributed by atoms with Gasteiger partial charge in [0.2, 0.25) is 5.91 Å². The lowest BCUT2D eigenvalue weighted by molar-refractivity contribution is -0.163. The van der Waals surface area contributed by atoms with Crippen molar-refractivity contribution in [3.8, 4) is 0 Å². The highest BCUT2D eigenvalue weighted by Gasteiger charge is 2.49. The largest absolute Gasteiger partial charge is 0.465 e. The molecular weight excluding hydrogens is 591 g/mol. The third-order valence-corrected chi connectivity index (χ3v) is 8.50. The molecule has 5 rings (SSSR count). The van der Waals surface area contributed by atoms with Crippen LogP contribution in [0.4, 0.5) is 5.69 Å². The number of nitroso groups, excluding NO2 is 1. The number of amides is 2. The van der Waals surface area contributed by atoms with Gasteiger partial charge in [-0.05, 0) is 84.8 Å². The van der Waals surface area contributed by atoms with Gasteiger partial charge in [0.25, 0.3) is 5.91 Å². The fourth-order valence-corrected chi connectivity index (χ4v) is 6.47. The van der Waals surface area contributed by atoms with Gasteiger partial charge < -0.3 is 10.1 Å². The number of nitrogens with one attached hydrogen (secondary N) is 1.